The molecule has 2 heterocycles. The van der Waals surface area contributed by atoms with Crippen LogP contribution in [0.3, 0.4) is 0 Å². The van der Waals surface area contributed by atoms with Crippen LogP contribution in [0.1, 0.15) is 58.6 Å². The van der Waals surface area contributed by atoms with Crippen LogP contribution < -0.4 is 0 Å². The molecule has 24 heavy (non-hydrogen) atoms. The van der Waals surface area contributed by atoms with Crippen LogP contribution in [0, 0.1) is 0 Å². The molecule has 1 aliphatic rings. The zero-order valence-corrected chi connectivity index (χ0v) is 13.6. The largest absolute Gasteiger partial charge is 0.478 e. The molecule has 0 spiro atoms. The van der Waals surface area contributed by atoms with Gasteiger partial charge in [-0.05, 0) is 24.8 Å². The SMILES string of the molecule is CCC(c1ccccc1)C1CCCN1C(=O)c1cc(C(=O)O)co1. The lowest BCUT2D eigenvalue weighted by molar-refractivity contribution is 0.0678. The van der Waals surface area contributed by atoms with Crippen molar-refractivity contribution in [2.75, 3.05) is 6.54 Å². The predicted molar refractivity (Wildman–Crippen MR) is 89.2 cm³/mol. The Hall–Kier alpha value is -2.56. The monoisotopic (exact) mass is 327 g/mol. The fourth-order valence-electron chi connectivity index (χ4n) is 3.60. The van der Waals surface area contributed by atoms with Crippen molar-refractivity contribution >= 4 is 11.9 Å². The quantitative estimate of drug-likeness (QED) is 0.907. The molecule has 3 rings (SSSR count). The molecule has 2 aromatic rings. The summed E-state index contributed by atoms with van der Waals surface area (Å²) in [5.74, 6) is -0.945. The molecule has 5 heteroatoms. The summed E-state index contributed by atoms with van der Waals surface area (Å²) in [7, 11) is 0. The molecule has 1 N–H and O–H groups in total. The maximum Gasteiger partial charge on any atom is 0.338 e. The summed E-state index contributed by atoms with van der Waals surface area (Å²) in [4.78, 5) is 25.6. The summed E-state index contributed by atoms with van der Waals surface area (Å²) in [5.41, 5.74) is 1.24. The highest BCUT2D eigenvalue weighted by Gasteiger charge is 2.36. The number of aromatic carboxylic acids is 1. The van der Waals surface area contributed by atoms with Crippen LogP contribution in [-0.2, 0) is 0 Å². The fraction of sp³-hybridized carbons (Fsp3) is 0.368. The van der Waals surface area contributed by atoms with E-state index in [1.54, 1.807) is 0 Å². The van der Waals surface area contributed by atoms with Crippen LogP contribution in [0.5, 0.6) is 0 Å². The molecule has 1 fully saturated rings. The first-order valence-corrected chi connectivity index (χ1v) is 8.29. The van der Waals surface area contributed by atoms with Crippen LogP contribution in [0.25, 0.3) is 0 Å². The van der Waals surface area contributed by atoms with E-state index in [-0.39, 0.29) is 29.2 Å². The first-order chi connectivity index (χ1) is 11.6. The number of benzene rings is 1. The standard InChI is InChI=1S/C19H21NO4/c1-2-15(13-7-4-3-5-8-13)16-9-6-10-20(16)18(21)17-11-14(12-24-17)19(22)23/h3-5,7-8,11-12,15-16H,2,6,9-10H2,1H3,(H,22,23). The second-order valence-electron chi connectivity index (χ2n) is 6.14. The Morgan fingerprint density at radius 1 is 1.33 bits per heavy atom. The maximum absolute atomic E-state index is 12.8. The van der Waals surface area contributed by atoms with E-state index in [9.17, 15) is 9.59 Å². The summed E-state index contributed by atoms with van der Waals surface area (Å²) >= 11 is 0. The summed E-state index contributed by atoms with van der Waals surface area (Å²) in [6.45, 7) is 2.81. The van der Waals surface area contributed by atoms with E-state index in [4.69, 9.17) is 9.52 Å². The number of likely N-dealkylation sites (tertiary alicyclic amines) is 1. The molecule has 0 radical (unpaired) electrons. The van der Waals surface area contributed by atoms with Crippen molar-refractivity contribution in [2.24, 2.45) is 0 Å². The van der Waals surface area contributed by atoms with Crippen molar-refractivity contribution < 1.29 is 19.1 Å². The van der Waals surface area contributed by atoms with Crippen LogP contribution >= 0.6 is 0 Å². The van der Waals surface area contributed by atoms with E-state index in [0.29, 0.717) is 6.54 Å². The highest BCUT2D eigenvalue weighted by molar-refractivity contribution is 5.95. The Labute approximate surface area is 140 Å². The molecular formula is C19H21NO4. The van der Waals surface area contributed by atoms with Crippen molar-refractivity contribution in [3.8, 4) is 0 Å². The van der Waals surface area contributed by atoms with Gasteiger partial charge in [0.2, 0.25) is 0 Å². The number of carboxylic acid groups (broad SMARTS) is 1. The molecule has 126 valence electrons. The van der Waals surface area contributed by atoms with Gasteiger partial charge >= 0.3 is 5.97 Å². The normalized spacial score (nSPS) is 18.5. The number of hydrogen-bond donors (Lipinski definition) is 1. The molecule has 2 unspecified atom stereocenters. The third-order valence-electron chi connectivity index (χ3n) is 4.75. The summed E-state index contributed by atoms with van der Waals surface area (Å²) in [6.07, 6.45) is 3.96. The Kier molecular flexibility index (Phi) is 4.69. The second kappa shape index (κ2) is 6.91. The van der Waals surface area contributed by atoms with E-state index >= 15 is 0 Å². The third kappa shape index (κ3) is 3.07. The van der Waals surface area contributed by atoms with E-state index in [1.807, 2.05) is 23.1 Å². The number of carboxylic acids is 1. The lowest BCUT2D eigenvalue weighted by Gasteiger charge is -2.31. The summed E-state index contributed by atoms with van der Waals surface area (Å²) < 4.78 is 5.20. The highest BCUT2D eigenvalue weighted by Crippen LogP contribution is 2.34. The fourth-order valence-corrected chi connectivity index (χ4v) is 3.60. The summed E-state index contributed by atoms with van der Waals surface area (Å²) in [5, 5.41) is 8.99. The third-order valence-corrected chi connectivity index (χ3v) is 4.75. The van der Waals surface area contributed by atoms with Crippen LogP contribution in [0.4, 0.5) is 0 Å². The number of amides is 1. The van der Waals surface area contributed by atoms with Crippen molar-refractivity contribution in [2.45, 2.75) is 38.1 Å². The Balaban J connectivity index is 1.83. The average Bonchev–Trinajstić information content (AvgIpc) is 3.26. The zero-order valence-electron chi connectivity index (χ0n) is 13.6. The lowest BCUT2D eigenvalue weighted by atomic mass is 9.87. The van der Waals surface area contributed by atoms with Crippen LogP contribution in [-0.4, -0.2) is 34.5 Å². The van der Waals surface area contributed by atoms with E-state index in [1.165, 1.54) is 11.6 Å². The minimum Gasteiger partial charge on any atom is -0.478 e. The first kappa shape index (κ1) is 16.3. The first-order valence-electron chi connectivity index (χ1n) is 8.29. The minimum absolute atomic E-state index is 0.00389. The highest BCUT2D eigenvalue weighted by atomic mass is 16.4. The Morgan fingerprint density at radius 2 is 2.08 bits per heavy atom. The zero-order chi connectivity index (χ0) is 17.1. The summed E-state index contributed by atoms with van der Waals surface area (Å²) in [6, 6.07) is 11.7. The van der Waals surface area contributed by atoms with Gasteiger partial charge in [-0.1, -0.05) is 37.3 Å². The number of carbonyl (C=O) groups is 2. The molecule has 1 aromatic carbocycles. The van der Waals surface area contributed by atoms with Gasteiger partial charge in [0, 0.05) is 24.6 Å². The van der Waals surface area contributed by atoms with Gasteiger partial charge in [-0.15, -0.1) is 0 Å². The minimum atomic E-state index is -1.09. The predicted octanol–water partition coefficient (Wildman–Crippen LogP) is 3.78. The molecule has 0 aliphatic carbocycles. The van der Waals surface area contributed by atoms with E-state index in [0.717, 1.165) is 25.5 Å². The number of furan rings is 1. The molecular weight excluding hydrogens is 306 g/mol. The van der Waals surface area contributed by atoms with Gasteiger partial charge in [0.15, 0.2) is 5.76 Å². The van der Waals surface area contributed by atoms with Gasteiger partial charge in [0.05, 0.1) is 5.56 Å². The topological polar surface area (TPSA) is 70.8 Å². The van der Waals surface area contributed by atoms with Crippen LogP contribution in [0.15, 0.2) is 47.1 Å². The van der Waals surface area contributed by atoms with Gasteiger partial charge in [-0.2, -0.15) is 0 Å². The van der Waals surface area contributed by atoms with Crippen molar-refractivity contribution in [3.05, 3.63) is 59.5 Å². The van der Waals surface area contributed by atoms with Crippen molar-refractivity contribution in [3.63, 3.8) is 0 Å². The van der Waals surface area contributed by atoms with Gasteiger partial charge in [0.25, 0.3) is 5.91 Å². The second-order valence-corrected chi connectivity index (χ2v) is 6.14. The van der Waals surface area contributed by atoms with Gasteiger partial charge in [-0.25, -0.2) is 4.79 Å². The number of hydrogen-bond acceptors (Lipinski definition) is 3. The van der Waals surface area contributed by atoms with Crippen LogP contribution in [0.2, 0.25) is 0 Å². The Morgan fingerprint density at radius 3 is 2.71 bits per heavy atom. The average molecular weight is 327 g/mol. The molecule has 1 amide bonds. The lowest BCUT2D eigenvalue weighted by Crippen LogP contribution is -2.39. The molecule has 1 aliphatic heterocycles. The maximum atomic E-state index is 12.8. The van der Waals surface area contributed by atoms with Crippen molar-refractivity contribution in [1.29, 1.82) is 0 Å². The van der Waals surface area contributed by atoms with Gasteiger partial charge in [-0.3, -0.25) is 4.79 Å². The molecule has 1 aromatic heterocycles. The number of carbonyl (C=O) groups excluding carboxylic acids is 1. The Bertz CT molecular complexity index is 722. The van der Waals surface area contributed by atoms with E-state index in [2.05, 4.69) is 19.1 Å². The molecule has 0 saturated carbocycles. The molecule has 2 atom stereocenters. The van der Waals surface area contributed by atoms with Gasteiger partial charge in [0.1, 0.15) is 6.26 Å². The van der Waals surface area contributed by atoms with Crippen molar-refractivity contribution in [1.82, 2.24) is 4.90 Å². The number of nitrogens with zero attached hydrogens (tertiary/aromatic N) is 1. The number of rotatable bonds is 5. The molecule has 0 bridgehead atoms. The molecule has 5 nitrogen and oxygen atoms in total. The molecule has 1 saturated heterocycles. The smallest absolute Gasteiger partial charge is 0.338 e. The van der Waals surface area contributed by atoms with E-state index < -0.39 is 5.97 Å². The van der Waals surface area contributed by atoms with Gasteiger partial charge < -0.3 is 14.4 Å².